The van der Waals surface area contributed by atoms with E-state index >= 15 is 0 Å². The number of nitrogens with zero attached hydrogens (tertiary/aromatic N) is 4. The van der Waals surface area contributed by atoms with Gasteiger partial charge in [-0.1, -0.05) is 40.9 Å². The minimum atomic E-state index is -2.75. The standard InChI is InChI=1S/C17H13BrCl3F2N5O/c1-8-14(18)15(16(22)23)25-28(8)7-13(29)24-17-12(21)6-27(26-17)5-9-2-3-10(19)4-11(9)20/h2-4,6,16H,5,7H2,1H3,(H,24,26,29). The smallest absolute Gasteiger partial charge is 0.283 e. The highest BCUT2D eigenvalue weighted by Crippen LogP contribution is 2.29. The maximum absolute atomic E-state index is 12.9. The van der Waals surface area contributed by atoms with Crippen molar-refractivity contribution in [2.75, 3.05) is 5.32 Å². The van der Waals surface area contributed by atoms with Gasteiger partial charge in [-0.05, 0) is 40.5 Å². The van der Waals surface area contributed by atoms with Crippen LogP contribution in [0.4, 0.5) is 14.6 Å². The van der Waals surface area contributed by atoms with Gasteiger partial charge >= 0.3 is 0 Å². The highest BCUT2D eigenvalue weighted by Gasteiger charge is 2.21. The van der Waals surface area contributed by atoms with E-state index in [-0.39, 0.29) is 21.9 Å². The Morgan fingerprint density at radius 1 is 1.24 bits per heavy atom. The maximum Gasteiger partial charge on any atom is 0.283 e. The van der Waals surface area contributed by atoms with Crippen molar-refractivity contribution in [3.63, 3.8) is 0 Å². The van der Waals surface area contributed by atoms with E-state index in [4.69, 9.17) is 34.8 Å². The van der Waals surface area contributed by atoms with Gasteiger partial charge in [-0.2, -0.15) is 10.2 Å². The predicted molar refractivity (Wildman–Crippen MR) is 111 cm³/mol. The summed E-state index contributed by atoms with van der Waals surface area (Å²) >= 11 is 21.3. The van der Waals surface area contributed by atoms with E-state index in [2.05, 4.69) is 31.4 Å². The van der Waals surface area contributed by atoms with Gasteiger partial charge in [-0.3, -0.25) is 14.2 Å². The number of amides is 1. The predicted octanol–water partition coefficient (Wildman–Crippen LogP) is 5.74. The number of alkyl halides is 2. The maximum atomic E-state index is 12.9. The van der Waals surface area contributed by atoms with Gasteiger partial charge in [0.2, 0.25) is 5.91 Å². The Bertz CT molecular complexity index is 1070. The van der Waals surface area contributed by atoms with Gasteiger partial charge < -0.3 is 5.32 Å². The second-order valence-electron chi connectivity index (χ2n) is 6.05. The third kappa shape index (κ3) is 5.09. The van der Waals surface area contributed by atoms with Gasteiger partial charge in [0.25, 0.3) is 6.43 Å². The summed E-state index contributed by atoms with van der Waals surface area (Å²) in [5, 5.41) is 11.8. The minimum absolute atomic E-state index is 0.139. The third-order valence-electron chi connectivity index (χ3n) is 3.98. The largest absolute Gasteiger partial charge is 0.306 e. The molecule has 0 radical (unpaired) electrons. The SMILES string of the molecule is Cc1c(Br)c(C(F)F)nn1CC(=O)Nc1nn(Cc2ccc(Cl)cc2Cl)cc1Cl. The van der Waals surface area contributed by atoms with Crippen LogP contribution in [0.3, 0.4) is 0 Å². The topological polar surface area (TPSA) is 64.7 Å². The van der Waals surface area contributed by atoms with Crippen molar-refractivity contribution in [1.29, 1.82) is 0 Å². The fourth-order valence-corrected chi connectivity index (χ4v) is 3.66. The molecule has 2 aromatic heterocycles. The Morgan fingerprint density at radius 3 is 2.59 bits per heavy atom. The van der Waals surface area contributed by atoms with Gasteiger partial charge in [-0.15, -0.1) is 0 Å². The van der Waals surface area contributed by atoms with Crippen molar-refractivity contribution in [2.24, 2.45) is 0 Å². The Morgan fingerprint density at radius 2 is 1.97 bits per heavy atom. The van der Waals surface area contributed by atoms with E-state index in [9.17, 15) is 13.6 Å². The van der Waals surface area contributed by atoms with Crippen molar-refractivity contribution in [3.05, 3.63) is 60.9 Å². The lowest BCUT2D eigenvalue weighted by molar-refractivity contribution is -0.117. The zero-order chi connectivity index (χ0) is 21.3. The molecule has 12 heteroatoms. The van der Waals surface area contributed by atoms with Crippen molar-refractivity contribution >= 4 is 62.5 Å². The summed E-state index contributed by atoms with van der Waals surface area (Å²) in [5.41, 5.74) is 0.756. The molecule has 0 saturated carbocycles. The molecule has 0 aliphatic carbocycles. The number of nitrogens with one attached hydrogen (secondary N) is 1. The van der Waals surface area contributed by atoms with Crippen molar-refractivity contribution < 1.29 is 13.6 Å². The molecule has 0 atom stereocenters. The average molecular weight is 528 g/mol. The molecule has 0 unspecified atom stereocenters. The minimum Gasteiger partial charge on any atom is -0.306 e. The molecule has 1 N–H and O–H groups in total. The van der Waals surface area contributed by atoms with Gasteiger partial charge in [0.1, 0.15) is 17.3 Å². The lowest BCUT2D eigenvalue weighted by Gasteiger charge is -2.06. The molecule has 29 heavy (non-hydrogen) atoms. The summed E-state index contributed by atoms with van der Waals surface area (Å²) in [4.78, 5) is 12.3. The first-order valence-electron chi connectivity index (χ1n) is 8.13. The van der Waals surface area contributed by atoms with E-state index in [0.29, 0.717) is 22.3 Å². The lowest BCUT2D eigenvalue weighted by atomic mass is 10.2. The Labute approximate surface area is 187 Å². The number of carbonyl (C=O) groups is 1. The highest BCUT2D eigenvalue weighted by atomic mass is 79.9. The zero-order valence-corrected chi connectivity index (χ0v) is 18.6. The number of hydrogen-bond donors (Lipinski definition) is 1. The quantitative estimate of drug-likeness (QED) is 0.445. The number of halogens is 6. The number of benzene rings is 1. The van der Waals surface area contributed by atoms with E-state index in [1.807, 2.05) is 0 Å². The summed E-state index contributed by atoms with van der Waals surface area (Å²) in [7, 11) is 0. The molecule has 0 aliphatic heterocycles. The summed E-state index contributed by atoms with van der Waals surface area (Å²) in [6.07, 6.45) is -1.22. The van der Waals surface area contributed by atoms with Crippen molar-refractivity contribution in [3.8, 4) is 0 Å². The molecule has 3 aromatic rings. The van der Waals surface area contributed by atoms with Crippen LogP contribution in [0, 0.1) is 6.92 Å². The van der Waals surface area contributed by atoms with Crippen LogP contribution in [-0.2, 0) is 17.9 Å². The Balaban J connectivity index is 1.71. The lowest BCUT2D eigenvalue weighted by Crippen LogP contribution is -2.21. The summed E-state index contributed by atoms with van der Waals surface area (Å²) in [6.45, 7) is 1.62. The summed E-state index contributed by atoms with van der Waals surface area (Å²) in [6, 6.07) is 5.08. The fourth-order valence-electron chi connectivity index (χ4n) is 2.54. The van der Waals surface area contributed by atoms with Crippen molar-refractivity contribution in [1.82, 2.24) is 19.6 Å². The van der Waals surface area contributed by atoms with Gasteiger partial charge in [0, 0.05) is 16.2 Å². The van der Waals surface area contributed by atoms with Crippen LogP contribution in [0.5, 0.6) is 0 Å². The number of anilines is 1. The highest BCUT2D eigenvalue weighted by molar-refractivity contribution is 9.10. The molecule has 154 valence electrons. The molecule has 1 aromatic carbocycles. The Kier molecular flexibility index (Phi) is 6.83. The molecule has 6 nitrogen and oxygen atoms in total. The first-order valence-corrected chi connectivity index (χ1v) is 10.1. The van der Waals surface area contributed by atoms with Gasteiger partial charge in [-0.25, -0.2) is 8.78 Å². The van der Waals surface area contributed by atoms with E-state index < -0.39 is 18.0 Å². The number of rotatable bonds is 6. The average Bonchev–Trinajstić information content (AvgIpc) is 3.11. The first-order chi connectivity index (χ1) is 13.7. The van der Waals surface area contributed by atoms with Crippen LogP contribution >= 0.6 is 50.7 Å². The first kappa shape index (κ1) is 22.0. The number of carbonyl (C=O) groups excluding carboxylic acids is 1. The zero-order valence-electron chi connectivity index (χ0n) is 14.8. The third-order valence-corrected chi connectivity index (χ3v) is 5.82. The fraction of sp³-hybridized carbons (Fsp3) is 0.235. The molecule has 2 heterocycles. The van der Waals surface area contributed by atoms with Crippen LogP contribution in [0.15, 0.2) is 28.9 Å². The normalized spacial score (nSPS) is 11.3. The van der Waals surface area contributed by atoms with Crippen LogP contribution < -0.4 is 5.32 Å². The summed E-state index contributed by atoms with van der Waals surface area (Å²) in [5.74, 6) is -0.375. The molecule has 0 fully saturated rings. The van der Waals surface area contributed by atoms with Crippen molar-refractivity contribution in [2.45, 2.75) is 26.4 Å². The van der Waals surface area contributed by atoms with E-state index in [1.54, 1.807) is 25.1 Å². The van der Waals surface area contributed by atoms with Crippen LogP contribution in [-0.4, -0.2) is 25.5 Å². The monoisotopic (exact) mass is 525 g/mol. The molecule has 0 saturated heterocycles. The molecule has 0 bridgehead atoms. The van der Waals surface area contributed by atoms with Gasteiger partial charge in [0.05, 0.1) is 16.7 Å². The molecule has 1 amide bonds. The second kappa shape index (κ2) is 8.99. The molecular formula is C17H13BrCl3F2N5O. The molecule has 0 aliphatic rings. The molecular weight excluding hydrogens is 514 g/mol. The van der Waals surface area contributed by atoms with E-state index in [1.165, 1.54) is 15.6 Å². The van der Waals surface area contributed by atoms with Crippen LogP contribution in [0.2, 0.25) is 15.1 Å². The Hall–Kier alpha value is -1.68. The molecule has 0 spiro atoms. The van der Waals surface area contributed by atoms with Crippen LogP contribution in [0.25, 0.3) is 0 Å². The van der Waals surface area contributed by atoms with Gasteiger partial charge in [0.15, 0.2) is 5.82 Å². The van der Waals surface area contributed by atoms with E-state index in [0.717, 1.165) is 5.56 Å². The van der Waals surface area contributed by atoms with Crippen LogP contribution in [0.1, 0.15) is 23.4 Å². The summed E-state index contributed by atoms with van der Waals surface area (Å²) < 4.78 is 28.7. The number of aromatic nitrogens is 4. The molecule has 3 rings (SSSR count). The second-order valence-corrected chi connectivity index (χ2v) is 8.09. The number of hydrogen-bond acceptors (Lipinski definition) is 3.